The molecule has 2 rings (SSSR count). The van der Waals surface area contributed by atoms with E-state index in [1.54, 1.807) is 0 Å². The maximum atomic E-state index is 11.8. The summed E-state index contributed by atoms with van der Waals surface area (Å²) in [4.78, 5) is 22.4. The van der Waals surface area contributed by atoms with Gasteiger partial charge in [0.25, 0.3) is 0 Å². The minimum Gasteiger partial charge on any atom is -0.481 e. The molecule has 0 aliphatic heterocycles. The molecule has 1 aliphatic rings. The number of hydrogen-bond donors (Lipinski definition) is 1. The standard InChI is InChI=1S/C12H12O3/c1-7-2-3-8-5-9(6-11(13)14)12(15)10(8)4-7/h2-4,9H,5-6H2,1H3,(H,13,14)/t9-/m0/s1. The molecule has 0 radical (unpaired) electrons. The van der Waals surface area contributed by atoms with Gasteiger partial charge in [-0.3, -0.25) is 9.59 Å². The number of aryl methyl sites for hydroxylation is 1. The second-order valence-corrected chi connectivity index (χ2v) is 4.02. The third kappa shape index (κ3) is 1.77. The zero-order valence-electron chi connectivity index (χ0n) is 8.49. The van der Waals surface area contributed by atoms with Crippen molar-refractivity contribution in [2.75, 3.05) is 0 Å². The number of benzene rings is 1. The van der Waals surface area contributed by atoms with Crippen molar-refractivity contribution in [3.63, 3.8) is 0 Å². The smallest absolute Gasteiger partial charge is 0.304 e. The van der Waals surface area contributed by atoms with Crippen molar-refractivity contribution in [1.82, 2.24) is 0 Å². The van der Waals surface area contributed by atoms with Gasteiger partial charge in [0.2, 0.25) is 0 Å². The maximum absolute atomic E-state index is 11.8. The molecule has 0 spiro atoms. The van der Waals surface area contributed by atoms with Gasteiger partial charge >= 0.3 is 5.97 Å². The van der Waals surface area contributed by atoms with E-state index in [4.69, 9.17) is 5.11 Å². The Morgan fingerprint density at radius 1 is 1.53 bits per heavy atom. The highest BCUT2D eigenvalue weighted by atomic mass is 16.4. The second-order valence-electron chi connectivity index (χ2n) is 4.02. The highest BCUT2D eigenvalue weighted by molar-refractivity contribution is 6.03. The molecule has 3 heteroatoms. The van der Waals surface area contributed by atoms with Gasteiger partial charge in [0.1, 0.15) is 0 Å². The number of aliphatic carboxylic acids is 1. The van der Waals surface area contributed by atoms with Gasteiger partial charge in [0.15, 0.2) is 5.78 Å². The Labute approximate surface area is 87.7 Å². The highest BCUT2D eigenvalue weighted by Gasteiger charge is 2.31. The zero-order chi connectivity index (χ0) is 11.0. The van der Waals surface area contributed by atoms with Crippen LogP contribution >= 0.6 is 0 Å². The Hall–Kier alpha value is -1.64. The van der Waals surface area contributed by atoms with E-state index in [1.165, 1.54) is 0 Å². The molecule has 1 atom stereocenters. The molecular formula is C12H12O3. The van der Waals surface area contributed by atoms with Crippen LogP contribution in [-0.2, 0) is 11.2 Å². The van der Waals surface area contributed by atoms with Gasteiger partial charge < -0.3 is 5.11 Å². The van der Waals surface area contributed by atoms with Crippen LogP contribution in [0, 0.1) is 12.8 Å². The van der Waals surface area contributed by atoms with Crippen LogP contribution in [0.1, 0.15) is 27.9 Å². The summed E-state index contributed by atoms with van der Waals surface area (Å²) in [5.41, 5.74) is 2.73. The van der Waals surface area contributed by atoms with Crippen molar-refractivity contribution in [3.05, 3.63) is 34.9 Å². The molecule has 1 aromatic rings. The summed E-state index contributed by atoms with van der Waals surface area (Å²) in [6, 6.07) is 5.72. The zero-order valence-corrected chi connectivity index (χ0v) is 8.49. The molecule has 15 heavy (non-hydrogen) atoms. The number of carbonyl (C=O) groups is 2. The molecule has 0 amide bonds. The third-order valence-corrected chi connectivity index (χ3v) is 2.79. The van der Waals surface area contributed by atoms with E-state index in [9.17, 15) is 9.59 Å². The summed E-state index contributed by atoms with van der Waals surface area (Å²) in [5, 5.41) is 8.67. The van der Waals surface area contributed by atoms with Crippen LogP contribution in [0.15, 0.2) is 18.2 Å². The highest BCUT2D eigenvalue weighted by Crippen LogP contribution is 2.29. The molecule has 0 heterocycles. The molecule has 0 aromatic heterocycles. The summed E-state index contributed by atoms with van der Waals surface area (Å²) >= 11 is 0. The molecule has 1 aromatic carbocycles. The number of fused-ring (bicyclic) bond motifs is 1. The molecule has 1 N–H and O–H groups in total. The second kappa shape index (κ2) is 3.50. The number of ketones is 1. The largest absolute Gasteiger partial charge is 0.481 e. The number of carboxylic acids is 1. The lowest BCUT2D eigenvalue weighted by molar-refractivity contribution is -0.137. The van der Waals surface area contributed by atoms with Gasteiger partial charge in [-0.05, 0) is 25.0 Å². The summed E-state index contributed by atoms with van der Waals surface area (Å²) in [6.07, 6.45) is 0.507. The van der Waals surface area contributed by atoms with Crippen LogP contribution in [0.4, 0.5) is 0 Å². The van der Waals surface area contributed by atoms with E-state index in [2.05, 4.69) is 0 Å². The third-order valence-electron chi connectivity index (χ3n) is 2.79. The lowest BCUT2D eigenvalue weighted by Crippen LogP contribution is -2.13. The predicted octanol–water partition coefficient (Wildman–Crippen LogP) is 1.82. The van der Waals surface area contributed by atoms with Crippen LogP contribution in [0.5, 0.6) is 0 Å². The molecule has 0 fully saturated rings. The fourth-order valence-electron chi connectivity index (χ4n) is 2.05. The average molecular weight is 204 g/mol. The van der Waals surface area contributed by atoms with Gasteiger partial charge in [-0.25, -0.2) is 0 Å². The van der Waals surface area contributed by atoms with Gasteiger partial charge in [-0.15, -0.1) is 0 Å². The van der Waals surface area contributed by atoms with E-state index < -0.39 is 5.97 Å². The van der Waals surface area contributed by atoms with Crippen LogP contribution in [0.25, 0.3) is 0 Å². The van der Waals surface area contributed by atoms with Gasteiger partial charge in [-0.2, -0.15) is 0 Å². The molecule has 0 saturated heterocycles. The Morgan fingerprint density at radius 2 is 2.27 bits per heavy atom. The fraction of sp³-hybridized carbons (Fsp3) is 0.333. The minimum absolute atomic E-state index is 0.0175. The number of carboxylic acid groups (broad SMARTS) is 1. The monoisotopic (exact) mass is 204 g/mol. The molecular weight excluding hydrogens is 192 g/mol. The molecule has 78 valence electrons. The van der Waals surface area contributed by atoms with E-state index in [-0.39, 0.29) is 18.1 Å². The van der Waals surface area contributed by atoms with Crippen molar-refractivity contribution in [1.29, 1.82) is 0 Å². The molecule has 1 aliphatic carbocycles. The van der Waals surface area contributed by atoms with Gasteiger partial charge in [0.05, 0.1) is 6.42 Å². The van der Waals surface area contributed by atoms with Gasteiger partial charge in [-0.1, -0.05) is 17.7 Å². The first-order valence-corrected chi connectivity index (χ1v) is 4.93. The lowest BCUT2D eigenvalue weighted by atomic mass is 10.0. The van der Waals surface area contributed by atoms with E-state index >= 15 is 0 Å². The first kappa shape index (κ1) is 9.90. The molecule has 0 bridgehead atoms. The SMILES string of the molecule is Cc1ccc2c(c1)C(=O)[C@H](CC(=O)O)C2. The predicted molar refractivity (Wildman–Crippen MR) is 55.0 cm³/mol. The topological polar surface area (TPSA) is 54.4 Å². The summed E-state index contributed by atoms with van der Waals surface area (Å²) in [7, 11) is 0. The molecule has 0 unspecified atom stereocenters. The van der Waals surface area contributed by atoms with E-state index in [1.807, 2.05) is 25.1 Å². The maximum Gasteiger partial charge on any atom is 0.304 e. The van der Waals surface area contributed by atoms with Crippen molar-refractivity contribution in [2.24, 2.45) is 5.92 Å². The normalized spacial score (nSPS) is 19.0. The van der Waals surface area contributed by atoms with Crippen molar-refractivity contribution in [2.45, 2.75) is 19.8 Å². The van der Waals surface area contributed by atoms with Crippen LogP contribution in [0.3, 0.4) is 0 Å². The Morgan fingerprint density at radius 3 is 2.93 bits per heavy atom. The molecule has 3 nitrogen and oxygen atoms in total. The van der Waals surface area contributed by atoms with Crippen molar-refractivity contribution in [3.8, 4) is 0 Å². The summed E-state index contributed by atoms with van der Waals surface area (Å²) in [6.45, 7) is 1.93. The number of carbonyl (C=O) groups excluding carboxylic acids is 1. The summed E-state index contributed by atoms with van der Waals surface area (Å²) < 4.78 is 0. The fourth-order valence-corrected chi connectivity index (χ4v) is 2.05. The summed E-state index contributed by atoms with van der Waals surface area (Å²) in [5.74, 6) is -1.28. The average Bonchev–Trinajstić information content (AvgIpc) is 2.44. The Kier molecular flexibility index (Phi) is 2.31. The van der Waals surface area contributed by atoms with E-state index in [0.717, 1.165) is 11.1 Å². The van der Waals surface area contributed by atoms with Crippen LogP contribution in [-0.4, -0.2) is 16.9 Å². The first-order valence-electron chi connectivity index (χ1n) is 4.93. The van der Waals surface area contributed by atoms with Crippen molar-refractivity contribution >= 4 is 11.8 Å². The number of Topliss-reactive ketones (excluding diaryl/α,β-unsaturated/α-hetero) is 1. The van der Waals surface area contributed by atoms with Crippen LogP contribution in [0.2, 0.25) is 0 Å². The lowest BCUT2D eigenvalue weighted by Gasteiger charge is -2.01. The van der Waals surface area contributed by atoms with Crippen molar-refractivity contribution < 1.29 is 14.7 Å². The quantitative estimate of drug-likeness (QED) is 0.799. The van der Waals surface area contributed by atoms with E-state index in [0.29, 0.717) is 12.0 Å². The van der Waals surface area contributed by atoms with Gasteiger partial charge in [0, 0.05) is 11.5 Å². The molecule has 0 saturated carbocycles. The Bertz CT molecular complexity index is 434. The first-order chi connectivity index (χ1) is 7.08. The number of rotatable bonds is 2. The number of hydrogen-bond acceptors (Lipinski definition) is 2. The van der Waals surface area contributed by atoms with Crippen LogP contribution < -0.4 is 0 Å². The minimum atomic E-state index is -0.905. The Balaban J connectivity index is 2.29.